The van der Waals surface area contributed by atoms with Crippen LogP contribution in [0.1, 0.15) is 36.2 Å². The van der Waals surface area contributed by atoms with Crippen LogP contribution in [-0.2, 0) is 0 Å². The number of carbonyl (C=O) groups is 1. The monoisotopic (exact) mass is 324 g/mol. The van der Waals surface area contributed by atoms with Gasteiger partial charge in [-0.1, -0.05) is 30.4 Å². The summed E-state index contributed by atoms with van der Waals surface area (Å²) < 4.78 is 0. The van der Waals surface area contributed by atoms with E-state index in [2.05, 4.69) is 24.1 Å². The van der Waals surface area contributed by atoms with Crippen LogP contribution in [0.2, 0.25) is 5.02 Å². The van der Waals surface area contributed by atoms with Gasteiger partial charge in [0, 0.05) is 17.2 Å². The molecule has 21 heavy (non-hydrogen) atoms. The molecule has 1 amide bonds. The van der Waals surface area contributed by atoms with E-state index >= 15 is 0 Å². The summed E-state index contributed by atoms with van der Waals surface area (Å²) in [5.74, 6) is 7.66. The van der Waals surface area contributed by atoms with E-state index < -0.39 is 0 Å². The number of hydrogen-bond donors (Lipinski definition) is 2. The Hall–Kier alpha value is -1.15. The van der Waals surface area contributed by atoms with E-state index in [-0.39, 0.29) is 18.5 Å². The summed E-state index contributed by atoms with van der Waals surface area (Å²) in [6, 6.07) is 5.27. The number of halogens is 1. The first-order valence-electron chi connectivity index (χ1n) is 6.95. The molecule has 1 aromatic rings. The van der Waals surface area contributed by atoms with Crippen LogP contribution in [0.4, 0.5) is 0 Å². The van der Waals surface area contributed by atoms with Gasteiger partial charge >= 0.3 is 0 Å². The van der Waals surface area contributed by atoms with Gasteiger partial charge in [0.05, 0.1) is 11.6 Å². The molecule has 0 spiro atoms. The minimum absolute atomic E-state index is 0.107. The van der Waals surface area contributed by atoms with E-state index in [0.717, 1.165) is 17.9 Å². The molecule has 0 saturated carbocycles. The molecule has 0 aliphatic rings. The van der Waals surface area contributed by atoms with E-state index in [1.54, 1.807) is 18.2 Å². The molecule has 0 aromatic heterocycles. The van der Waals surface area contributed by atoms with Crippen LogP contribution >= 0.6 is 23.4 Å². The number of amides is 1. The van der Waals surface area contributed by atoms with Crippen molar-refractivity contribution in [3.05, 3.63) is 34.3 Å². The first-order valence-corrected chi connectivity index (χ1v) is 8.48. The van der Waals surface area contributed by atoms with Gasteiger partial charge in [-0.3, -0.25) is 4.79 Å². The van der Waals surface area contributed by atoms with Crippen molar-refractivity contribution in [2.45, 2.75) is 26.3 Å². The molecule has 0 bridgehead atoms. The molecule has 0 aliphatic carbocycles. The quantitative estimate of drug-likeness (QED) is 0.625. The number of carbonyl (C=O) groups excluding carboxylic acids is 1. The Balaban J connectivity index is 2.64. The summed E-state index contributed by atoms with van der Waals surface area (Å²) in [6.45, 7) is 4.42. The number of nitrogens with one attached hydrogen (secondary N) is 1. The lowest BCUT2D eigenvalue weighted by Crippen LogP contribution is -2.32. The van der Waals surface area contributed by atoms with Crippen molar-refractivity contribution in [1.82, 2.24) is 5.32 Å². The topological polar surface area (TPSA) is 55.1 Å². The summed E-state index contributed by atoms with van der Waals surface area (Å²) in [5.41, 5.74) is 6.56. The zero-order valence-electron chi connectivity index (χ0n) is 12.4. The normalized spacial score (nSPS) is 11.4. The van der Waals surface area contributed by atoms with Crippen LogP contribution < -0.4 is 11.1 Å². The van der Waals surface area contributed by atoms with Crippen molar-refractivity contribution in [3.63, 3.8) is 0 Å². The van der Waals surface area contributed by atoms with Crippen molar-refractivity contribution in [1.29, 1.82) is 0 Å². The lowest BCUT2D eigenvalue weighted by Gasteiger charge is -2.13. The van der Waals surface area contributed by atoms with Crippen LogP contribution in [0, 0.1) is 11.8 Å². The minimum atomic E-state index is -0.107. The number of benzene rings is 1. The molecular weight excluding hydrogens is 304 g/mol. The van der Waals surface area contributed by atoms with E-state index in [9.17, 15) is 4.79 Å². The fraction of sp³-hybridized carbons (Fsp3) is 0.438. The predicted octanol–water partition coefficient (Wildman–Crippen LogP) is 2.91. The first kappa shape index (κ1) is 17.9. The maximum absolute atomic E-state index is 12.1. The Bertz CT molecular complexity index is 537. The molecule has 114 valence electrons. The Morgan fingerprint density at radius 2 is 2.29 bits per heavy atom. The van der Waals surface area contributed by atoms with Crippen LogP contribution in [0.5, 0.6) is 0 Å². The van der Waals surface area contributed by atoms with Gasteiger partial charge in [0.2, 0.25) is 0 Å². The molecule has 0 saturated heterocycles. The van der Waals surface area contributed by atoms with Crippen molar-refractivity contribution in [2.75, 3.05) is 18.1 Å². The fourth-order valence-corrected chi connectivity index (χ4v) is 2.72. The summed E-state index contributed by atoms with van der Waals surface area (Å²) in [6.07, 6.45) is 0.956. The van der Waals surface area contributed by atoms with Crippen molar-refractivity contribution in [3.8, 4) is 11.8 Å². The standard InChI is InChI=1S/C16H21ClN2OS/c1-3-21-10-8-12(2)19-16(20)14-7-6-13(5-4-9-18)15(17)11-14/h6-7,11-12H,3,8-10,18H2,1-2H3,(H,19,20). The third kappa shape index (κ3) is 6.43. The Morgan fingerprint density at radius 3 is 2.90 bits per heavy atom. The lowest BCUT2D eigenvalue weighted by atomic mass is 10.1. The maximum Gasteiger partial charge on any atom is 0.251 e. The van der Waals surface area contributed by atoms with Crippen molar-refractivity contribution in [2.24, 2.45) is 5.73 Å². The average Bonchev–Trinajstić information content (AvgIpc) is 2.46. The highest BCUT2D eigenvalue weighted by atomic mass is 35.5. The van der Waals surface area contributed by atoms with Crippen LogP contribution in [-0.4, -0.2) is 30.0 Å². The Labute approximate surface area is 136 Å². The van der Waals surface area contributed by atoms with Gasteiger partial charge in [-0.05, 0) is 43.0 Å². The van der Waals surface area contributed by atoms with Gasteiger partial charge in [0.15, 0.2) is 0 Å². The molecule has 1 rings (SSSR count). The van der Waals surface area contributed by atoms with Crippen LogP contribution in [0.3, 0.4) is 0 Å². The summed E-state index contributed by atoms with van der Waals surface area (Å²) in [7, 11) is 0. The number of thioether (sulfide) groups is 1. The highest BCUT2D eigenvalue weighted by Gasteiger charge is 2.11. The van der Waals surface area contributed by atoms with Gasteiger partial charge in [-0.15, -0.1) is 0 Å². The highest BCUT2D eigenvalue weighted by molar-refractivity contribution is 7.99. The van der Waals surface area contributed by atoms with Crippen LogP contribution in [0.15, 0.2) is 18.2 Å². The van der Waals surface area contributed by atoms with Gasteiger partial charge in [0.1, 0.15) is 0 Å². The molecular formula is C16H21ClN2OS. The number of hydrogen-bond acceptors (Lipinski definition) is 3. The molecule has 0 radical (unpaired) electrons. The SMILES string of the molecule is CCSCCC(C)NC(=O)c1ccc(C#CCN)c(Cl)c1. The molecule has 0 heterocycles. The van der Waals surface area contributed by atoms with Crippen molar-refractivity contribution >= 4 is 29.3 Å². The summed E-state index contributed by atoms with van der Waals surface area (Å²) >= 11 is 7.99. The highest BCUT2D eigenvalue weighted by Crippen LogP contribution is 2.17. The molecule has 3 nitrogen and oxygen atoms in total. The van der Waals surface area contributed by atoms with E-state index in [4.69, 9.17) is 17.3 Å². The summed E-state index contributed by atoms with van der Waals surface area (Å²) in [4.78, 5) is 12.1. The van der Waals surface area contributed by atoms with Gasteiger partial charge in [0.25, 0.3) is 5.91 Å². The smallest absolute Gasteiger partial charge is 0.251 e. The maximum atomic E-state index is 12.1. The van der Waals surface area contributed by atoms with E-state index in [0.29, 0.717) is 16.1 Å². The molecule has 0 aliphatic heterocycles. The van der Waals surface area contributed by atoms with Gasteiger partial charge < -0.3 is 11.1 Å². The number of rotatable bonds is 6. The molecule has 1 unspecified atom stereocenters. The fourth-order valence-electron chi connectivity index (χ4n) is 1.69. The van der Waals surface area contributed by atoms with E-state index in [1.165, 1.54) is 0 Å². The van der Waals surface area contributed by atoms with Crippen molar-refractivity contribution < 1.29 is 4.79 Å². The second kappa shape index (κ2) is 9.73. The summed E-state index contributed by atoms with van der Waals surface area (Å²) in [5, 5.41) is 3.45. The molecule has 1 atom stereocenters. The predicted molar refractivity (Wildman–Crippen MR) is 91.9 cm³/mol. The zero-order chi connectivity index (χ0) is 15.7. The second-order valence-electron chi connectivity index (χ2n) is 4.56. The molecule has 5 heteroatoms. The van der Waals surface area contributed by atoms with Gasteiger partial charge in [-0.2, -0.15) is 11.8 Å². The Morgan fingerprint density at radius 1 is 1.52 bits per heavy atom. The molecule has 3 N–H and O–H groups in total. The third-order valence-corrected chi connectivity index (χ3v) is 4.08. The number of nitrogens with two attached hydrogens (primary N) is 1. The molecule has 0 fully saturated rings. The third-order valence-electron chi connectivity index (χ3n) is 2.83. The lowest BCUT2D eigenvalue weighted by molar-refractivity contribution is 0.0939. The minimum Gasteiger partial charge on any atom is -0.350 e. The average molecular weight is 325 g/mol. The molecule has 1 aromatic carbocycles. The van der Waals surface area contributed by atoms with E-state index in [1.807, 2.05) is 18.7 Å². The van der Waals surface area contributed by atoms with Gasteiger partial charge in [-0.25, -0.2) is 0 Å². The van der Waals surface area contributed by atoms with Crippen LogP contribution in [0.25, 0.3) is 0 Å². The Kier molecular flexibility index (Phi) is 8.29. The second-order valence-corrected chi connectivity index (χ2v) is 6.36. The zero-order valence-corrected chi connectivity index (χ0v) is 14.0. The largest absolute Gasteiger partial charge is 0.350 e. The first-order chi connectivity index (χ1) is 10.1.